The van der Waals surface area contributed by atoms with Gasteiger partial charge in [-0.15, -0.1) is 0 Å². The summed E-state index contributed by atoms with van der Waals surface area (Å²) in [6.45, 7) is 7.23. The highest BCUT2D eigenvalue weighted by atomic mass is 16.3. The molecule has 0 saturated carbocycles. The van der Waals surface area contributed by atoms with Crippen molar-refractivity contribution in [3.63, 3.8) is 0 Å². The number of benzene rings is 1. The summed E-state index contributed by atoms with van der Waals surface area (Å²) in [5, 5.41) is 12.4. The Morgan fingerprint density at radius 1 is 1.11 bits per heavy atom. The molecule has 0 aliphatic heterocycles. The maximum absolute atomic E-state index is 8.92. The fourth-order valence-electron chi connectivity index (χ4n) is 2.03. The smallest absolute Gasteiger partial charge is 0.0446 e. The average molecular weight is 250 g/mol. The maximum Gasteiger partial charge on any atom is 0.0446 e. The van der Waals surface area contributed by atoms with E-state index in [0.29, 0.717) is 12.5 Å². The van der Waals surface area contributed by atoms with Gasteiger partial charge in [0.1, 0.15) is 0 Å². The number of aliphatic hydroxyl groups is 1. The van der Waals surface area contributed by atoms with Crippen molar-refractivity contribution in [1.29, 1.82) is 0 Å². The summed E-state index contributed by atoms with van der Waals surface area (Å²) in [6, 6.07) is 9.06. The van der Waals surface area contributed by atoms with Gasteiger partial charge in [-0.05, 0) is 30.4 Å². The Morgan fingerprint density at radius 2 is 1.67 bits per heavy atom. The third-order valence-corrected chi connectivity index (χ3v) is 3.29. The van der Waals surface area contributed by atoms with Gasteiger partial charge in [0.15, 0.2) is 0 Å². The summed E-state index contributed by atoms with van der Waals surface area (Å²) >= 11 is 0. The number of nitrogens with two attached hydrogens (primary N) is 1. The van der Waals surface area contributed by atoms with Crippen LogP contribution in [0.5, 0.6) is 0 Å². The van der Waals surface area contributed by atoms with Crippen molar-refractivity contribution in [2.45, 2.75) is 45.2 Å². The Balaban J connectivity index is 2.70. The molecular weight excluding hydrogens is 224 g/mol. The molecule has 3 nitrogen and oxygen atoms in total. The topological polar surface area (TPSA) is 58.3 Å². The number of hydrogen-bond acceptors (Lipinski definition) is 3. The molecule has 0 saturated heterocycles. The zero-order valence-corrected chi connectivity index (χ0v) is 11.7. The minimum absolute atomic E-state index is 0.160. The van der Waals surface area contributed by atoms with Gasteiger partial charge >= 0.3 is 0 Å². The van der Waals surface area contributed by atoms with Crippen LogP contribution in [-0.2, 0) is 0 Å². The summed E-state index contributed by atoms with van der Waals surface area (Å²) in [7, 11) is 0. The van der Waals surface area contributed by atoms with Crippen molar-refractivity contribution >= 4 is 0 Å². The number of rotatable bonds is 7. The second kappa shape index (κ2) is 7.52. The molecule has 3 heteroatoms. The SMILES string of the molecule is CC(CCO)NC(CN)c1ccc(C(C)C)cc1. The van der Waals surface area contributed by atoms with E-state index in [2.05, 4.69) is 50.4 Å². The zero-order chi connectivity index (χ0) is 13.5. The molecule has 1 rings (SSSR count). The van der Waals surface area contributed by atoms with E-state index in [1.165, 1.54) is 11.1 Å². The van der Waals surface area contributed by atoms with E-state index < -0.39 is 0 Å². The van der Waals surface area contributed by atoms with Crippen LogP contribution >= 0.6 is 0 Å². The van der Waals surface area contributed by atoms with Gasteiger partial charge in [0.05, 0.1) is 0 Å². The van der Waals surface area contributed by atoms with Gasteiger partial charge in [0.2, 0.25) is 0 Å². The first-order valence-corrected chi connectivity index (χ1v) is 6.75. The molecule has 0 radical (unpaired) electrons. The first kappa shape index (κ1) is 15.2. The Kier molecular flexibility index (Phi) is 6.33. The van der Waals surface area contributed by atoms with Crippen LogP contribution in [0.15, 0.2) is 24.3 Å². The third-order valence-electron chi connectivity index (χ3n) is 3.29. The molecule has 2 atom stereocenters. The minimum Gasteiger partial charge on any atom is -0.396 e. The number of nitrogens with one attached hydrogen (secondary N) is 1. The van der Waals surface area contributed by atoms with Crippen LogP contribution < -0.4 is 11.1 Å². The third kappa shape index (κ3) is 4.41. The lowest BCUT2D eigenvalue weighted by Crippen LogP contribution is -2.35. The Bertz CT molecular complexity index is 335. The molecule has 4 N–H and O–H groups in total. The minimum atomic E-state index is 0.160. The molecule has 1 aromatic carbocycles. The van der Waals surface area contributed by atoms with E-state index in [4.69, 9.17) is 10.8 Å². The van der Waals surface area contributed by atoms with E-state index in [1.807, 2.05) is 0 Å². The molecule has 0 bridgehead atoms. The molecule has 0 fully saturated rings. The highest BCUT2D eigenvalue weighted by Gasteiger charge is 2.12. The molecule has 0 heterocycles. The van der Waals surface area contributed by atoms with Gasteiger partial charge in [-0.25, -0.2) is 0 Å². The van der Waals surface area contributed by atoms with Crippen molar-refractivity contribution in [3.05, 3.63) is 35.4 Å². The lowest BCUT2D eigenvalue weighted by molar-refractivity contribution is 0.263. The highest BCUT2D eigenvalue weighted by Crippen LogP contribution is 2.18. The molecule has 102 valence electrons. The molecule has 0 amide bonds. The zero-order valence-electron chi connectivity index (χ0n) is 11.7. The van der Waals surface area contributed by atoms with E-state index in [-0.39, 0.29) is 18.7 Å². The summed E-state index contributed by atoms with van der Waals surface area (Å²) in [5.41, 5.74) is 8.38. The summed E-state index contributed by atoms with van der Waals surface area (Å²) in [6.07, 6.45) is 0.751. The van der Waals surface area contributed by atoms with E-state index in [9.17, 15) is 0 Å². The molecule has 0 aliphatic rings. The monoisotopic (exact) mass is 250 g/mol. The second-order valence-corrected chi connectivity index (χ2v) is 5.19. The van der Waals surface area contributed by atoms with Gasteiger partial charge in [-0.3, -0.25) is 0 Å². The Hall–Kier alpha value is -0.900. The average Bonchev–Trinajstić information content (AvgIpc) is 2.36. The standard InChI is InChI=1S/C15H26N2O/c1-11(2)13-4-6-14(7-5-13)15(10-16)17-12(3)8-9-18/h4-7,11-12,15,17-18H,8-10,16H2,1-3H3. The molecule has 0 aliphatic carbocycles. The highest BCUT2D eigenvalue weighted by molar-refractivity contribution is 5.27. The molecule has 18 heavy (non-hydrogen) atoms. The summed E-state index contributed by atoms with van der Waals surface area (Å²) < 4.78 is 0. The molecule has 2 unspecified atom stereocenters. The van der Waals surface area contributed by atoms with Gasteiger partial charge < -0.3 is 16.2 Å². The van der Waals surface area contributed by atoms with Crippen molar-refractivity contribution in [3.8, 4) is 0 Å². The van der Waals surface area contributed by atoms with Crippen LogP contribution in [0.2, 0.25) is 0 Å². The molecule has 0 aromatic heterocycles. The normalized spacial score (nSPS) is 14.8. The quantitative estimate of drug-likeness (QED) is 0.695. The lowest BCUT2D eigenvalue weighted by atomic mass is 9.98. The van der Waals surface area contributed by atoms with Crippen molar-refractivity contribution in [2.75, 3.05) is 13.2 Å². The number of hydrogen-bond donors (Lipinski definition) is 3. The molecular formula is C15H26N2O. The van der Waals surface area contributed by atoms with Gasteiger partial charge in [-0.2, -0.15) is 0 Å². The lowest BCUT2D eigenvalue weighted by Gasteiger charge is -2.22. The van der Waals surface area contributed by atoms with Crippen LogP contribution in [0.3, 0.4) is 0 Å². The summed E-state index contributed by atoms with van der Waals surface area (Å²) in [4.78, 5) is 0. The Labute approximate surface area is 110 Å². The predicted octanol–water partition coefficient (Wildman–Crippen LogP) is 2.17. The number of aliphatic hydroxyl groups excluding tert-OH is 1. The summed E-state index contributed by atoms with van der Waals surface area (Å²) in [5.74, 6) is 0.552. The molecule has 0 spiro atoms. The Morgan fingerprint density at radius 3 is 2.11 bits per heavy atom. The van der Waals surface area contributed by atoms with E-state index in [1.54, 1.807) is 0 Å². The van der Waals surface area contributed by atoms with E-state index >= 15 is 0 Å². The largest absolute Gasteiger partial charge is 0.396 e. The van der Waals surface area contributed by atoms with Crippen LogP contribution in [0.4, 0.5) is 0 Å². The van der Waals surface area contributed by atoms with Gasteiger partial charge in [0.25, 0.3) is 0 Å². The molecule has 1 aromatic rings. The van der Waals surface area contributed by atoms with Crippen LogP contribution in [-0.4, -0.2) is 24.3 Å². The fraction of sp³-hybridized carbons (Fsp3) is 0.600. The fourth-order valence-corrected chi connectivity index (χ4v) is 2.03. The van der Waals surface area contributed by atoms with Crippen LogP contribution in [0, 0.1) is 0 Å². The second-order valence-electron chi connectivity index (χ2n) is 5.19. The maximum atomic E-state index is 8.92. The van der Waals surface area contributed by atoms with Crippen LogP contribution in [0.25, 0.3) is 0 Å². The predicted molar refractivity (Wildman–Crippen MR) is 76.6 cm³/mol. The van der Waals surface area contributed by atoms with Gasteiger partial charge in [0, 0.05) is 25.2 Å². The van der Waals surface area contributed by atoms with Crippen molar-refractivity contribution < 1.29 is 5.11 Å². The van der Waals surface area contributed by atoms with E-state index in [0.717, 1.165) is 6.42 Å². The first-order chi connectivity index (χ1) is 8.58. The van der Waals surface area contributed by atoms with Gasteiger partial charge in [-0.1, -0.05) is 38.1 Å². The van der Waals surface area contributed by atoms with Crippen LogP contribution in [0.1, 0.15) is 50.3 Å². The van der Waals surface area contributed by atoms with Crippen molar-refractivity contribution in [1.82, 2.24) is 5.32 Å². The first-order valence-electron chi connectivity index (χ1n) is 6.75. The van der Waals surface area contributed by atoms with Crippen molar-refractivity contribution in [2.24, 2.45) is 5.73 Å².